The predicted molar refractivity (Wildman–Crippen MR) is 71.9 cm³/mol. The minimum absolute atomic E-state index is 0. The Morgan fingerprint density at radius 3 is 2.31 bits per heavy atom. The van der Waals surface area contributed by atoms with Gasteiger partial charge in [0.1, 0.15) is 5.75 Å². The predicted octanol–water partition coefficient (Wildman–Crippen LogP) is 3.18. The summed E-state index contributed by atoms with van der Waals surface area (Å²) in [5, 5.41) is 0. The molecule has 0 aliphatic carbocycles. The highest BCUT2D eigenvalue weighted by Gasteiger charge is 2.02. The smallest absolute Gasteiger partial charge is 0.118 e. The Balaban J connectivity index is 0.00000225. The zero-order valence-corrected chi connectivity index (χ0v) is 11.4. The summed E-state index contributed by atoms with van der Waals surface area (Å²) >= 11 is 5.73. The number of alkyl halides is 1. The van der Waals surface area contributed by atoms with Gasteiger partial charge in [-0.2, -0.15) is 0 Å². The van der Waals surface area contributed by atoms with Gasteiger partial charge in [0, 0.05) is 19.0 Å². The maximum Gasteiger partial charge on any atom is 0.118 e. The van der Waals surface area contributed by atoms with E-state index in [2.05, 4.69) is 24.0 Å². The molecule has 0 radical (unpaired) electrons. The zero-order valence-electron chi connectivity index (χ0n) is 9.78. The van der Waals surface area contributed by atoms with Crippen LogP contribution in [0.1, 0.15) is 12.5 Å². The second-order valence-electron chi connectivity index (χ2n) is 3.41. The third kappa shape index (κ3) is 5.06. The summed E-state index contributed by atoms with van der Waals surface area (Å²) < 4.78 is 5.11. The van der Waals surface area contributed by atoms with Crippen molar-refractivity contribution in [3.05, 3.63) is 29.8 Å². The summed E-state index contributed by atoms with van der Waals surface area (Å²) in [6, 6.07) is 8.17. The van der Waals surface area contributed by atoms with Crippen molar-refractivity contribution in [2.45, 2.75) is 13.5 Å². The van der Waals surface area contributed by atoms with Crippen LogP contribution in [0.2, 0.25) is 0 Å². The first-order valence-corrected chi connectivity index (χ1v) is 5.74. The van der Waals surface area contributed by atoms with Gasteiger partial charge in [0.15, 0.2) is 0 Å². The molecule has 0 bridgehead atoms. The van der Waals surface area contributed by atoms with Crippen LogP contribution in [-0.2, 0) is 6.54 Å². The highest BCUT2D eigenvalue weighted by atomic mass is 35.5. The Hall–Kier alpha value is -0.440. The van der Waals surface area contributed by atoms with Crippen LogP contribution in [0.5, 0.6) is 5.75 Å². The van der Waals surface area contributed by atoms with Crippen LogP contribution < -0.4 is 4.74 Å². The highest BCUT2D eigenvalue weighted by molar-refractivity contribution is 6.18. The molecule has 0 unspecified atom stereocenters. The number of hydrogen-bond acceptors (Lipinski definition) is 2. The van der Waals surface area contributed by atoms with Crippen LogP contribution in [0.25, 0.3) is 0 Å². The molecule has 1 aromatic carbocycles. The van der Waals surface area contributed by atoms with E-state index in [1.54, 1.807) is 7.11 Å². The van der Waals surface area contributed by atoms with Crippen LogP contribution in [-0.4, -0.2) is 31.0 Å². The van der Waals surface area contributed by atoms with Crippen molar-refractivity contribution in [3.8, 4) is 5.75 Å². The van der Waals surface area contributed by atoms with E-state index in [1.807, 2.05) is 12.1 Å². The number of halogens is 2. The molecule has 0 aliphatic rings. The molecule has 0 atom stereocenters. The van der Waals surface area contributed by atoms with E-state index in [9.17, 15) is 0 Å². The van der Waals surface area contributed by atoms with E-state index >= 15 is 0 Å². The molecule has 0 heterocycles. The first-order valence-electron chi connectivity index (χ1n) is 5.21. The molecule has 92 valence electrons. The molecule has 0 saturated heterocycles. The van der Waals surface area contributed by atoms with Crippen molar-refractivity contribution in [3.63, 3.8) is 0 Å². The van der Waals surface area contributed by atoms with Gasteiger partial charge < -0.3 is 4.74 Å². The second kappa shape index (κ2) is 8.68. The lowest BCUT2D eigenvalue weighted by atomic mass is 10.2. The average Bonchev–Trinajstić information content (AvgIpc) is 2.29. The molecule has 0 aromatic heterocycles. The van der Waals surface area contributed by atoms with Gasteiger partial charge in [-0.3, -0.25) is 4.90 Å². The van der Waals surface area contributed by atoms with Crippen molar-refractivity contribution < 1.29 is 4.74 Å². The summed E-state index contributed by atoms with van der Waals surface area (Å²) in [4.78, 5) is 2.31. The van der Waals surface area contributed by atoms with Gasteiger partial charge in [-0.05, 0) is 24.2 Å². The Morgan fingerprint density at radius 1 is 1.25 bits per heavy atom. The van der Waals surface area contributed by atoms with Crippen molar-refractivity contribution in [2.24, 2.45) is 0 Å². The van der Waals surface area contributed by atoms with Crippen LogP contribution in [0, 0.1) is 0 Å². The molecular formula is C12H19Cl2NO. The summed E-state index contributed by atoms with van der Waals surface area (Å²) in [7, 11) is 1.68. The molecule has 4 heteroatoms. The first kappa shape index (κ1) is 15.6. The number of ether oxygens (including phenoxy) is 1. The maximum absolute atomic E-state index is 5.73. The SMILES string of the molecule is CCN(CCCl)Cc1ccc(OC)cc1.Cl. The first-order chi connectivity index (χ1) is 7.30. The number of nitrogens with zero attached hydrogens (tertiary/aromatic N) is 1. The lowest BCUT2D eigenvalue weighted by molar-refractivity contribution is 0.297. The summed E-state index contributed by atoms with van der Waals surface area (Å²) in [5.41, 5.74) is 1.29. The Labute approximate surface area is 109 Å². The maximum atomic E-state index is 5.73. The minimum atomic E-state index is 0. The molecule has 0 amide bonds. The van der Waals surface area contributed by atoms with E-state index in [-0.39, 0.29) is 12.4 Å². The van der Waals surface area contributed by atoms with Crippen LogP contribution >= 0.6 is 24.0 Å². The van der Waals surface area contributed by atoms with Crippen molar-refractivity contribution in [2.75, 3.05) is 26.1 Å². The normalized spacial score (nSPS) is 10.0. The van der Waals surface area contributed by atoms with Gasteiger partial charge in [-0.25, -0.2) is 0 Å². The number of benzene rings is 1. The van der Waals surface area contributed by atoms with Crippen LogP contribution in [0.3, 0.4) is 0 Å². The van der Waals surface area contributed by atoms with Gasteiger partial charge in [0.2, 0.25) is 0 Å². The van der Waals surface area contributed by atoms with E-state index < -0.39 is 0 Å². The van der Waals surface area contributed by atoms with E-state index in [4.69, 9.17) is 16.3 Å². The fraction of sp³-hybridized carbons (Fsp3) is 0.500. The molecule has 0 fully saturated rings. The largest absolute Gasteiger partial charge is 0.497 e. The molecule has 0 N–H and O–H groups in total. The average molecular weight is 264 g/mol. The Morgan fingerprint density at radius 2 is 1.88 bits per heavy atom. The van der Waals surface area contributed by atoms with Gasteiger partial charge in [0.05, 0.1) is 7.11 Å². The van der Waals surface area contributed by atoms with Crippen LogP contribution in [0.15, 0.2) is 24.3 Å². The molecule has 1 rings (SSSR count). The van der Waals surface area contributed by atoms with Crippen molar-refractivity contribution in [1.29, 1.82) is 0 Å². The molecule has 1 aromatic rings. The van der Waals surface area contributed by atoms with Gasteiger partial charge >= 0.3 is 0 Å². The number of methoxy groups -OCH3 is 1. The summed E-state index contributed by atoms with van der Waals surface area (Å²) in [6.45, 7) is 5.06. The minimum Gasteiger partial charge on any atom is -0.497 e. The third-order valence-corrected chi connectivity index (χ3v) is 2.58. The third-order valence-electron chi connectivity index (χ3n) is 2.41. The van der Waals surface area contributed by atoms with Gasteiger partial charge in [0.25, 0.3) is 0 Å². The van der Waals surface area contributed by atoms with Crippen molar-refractivity contribution >= 4 is 24.0 Å². The fourth-order valence-corrected chi connectivity index (χ4v) is 1.70. The van der Waals surface area contributed by atoms with Gasteiger partial charge in [-0.15, -0.1) is 24.0 Å². The quantitative estimate of drug-likeness (QED) is 0.732. The number of hydrogen-bond donors (Lipinski definition) is 0. The molecule has 16 heavy (non-hydrogen) atoms. The topological polar surface area (TPSA) is 12.5 Å². The lowest BCUT2D eigenvalue weighted by Gasteiger charge is -2.18. The zero-order chi connectivity index (χ0) is 11.1. The summed E-state index contributed by atoms with van der Waals surface area (Å²) in [5.74, 6) is 1.59. The van der Waals surface area contributed by atoms with Gasteiger partial charge in [-0.1, -0.05) is 19.1 Å². The van der Waals surface area contributed by atoms with E-state index in [0.29, 0.717) is 5.88 Å². The standard InChI is InChI=1S/C12H18ClNO.ClH/c1-3-14(9-8-13)10-11-4-6-12(15-2)7-5-11;/h4-7H,3,8-10H2,1-2H3;1H. The monoisotopic (exact) mass is 263 g/mol. The molecule has 0 spiro atoms. The van der Waals surface area contributed by atoms with E-state index in [0.717, 1.165) is 25.4 Å². The molecule has 2 nitrogen and oxygen atoms in total. The van der Waals surface area contributed by atoms with Crippen molar-refractivity contribution in [1.82, 2.24) is 4.90 Å². The molecular weight excluding hydrogens is 245 g/mol. The molecule has 0 saturated carbocycles. The lowest BCUT2D eigenvalue weighted by Crippen LogP contribution is -2.24. The van der Waals surface area contributed by atoms with E-state index in [1.165, 1.54) is 5.56 Å². The number of rotatable bonds is 6. The Kier molecular flexibility index (Phi) is 8.44. The van der Waals surface area contributed by atoms with Crippen LogP contribution in [0.4, 0.5) is 0 Å². The fourth-order valence-electron chi connectivity index (χ4n) is 1.46. The summed E-state index contributed by atoms with van der Waals surface area (Å²) in [6.07, 6.45) is 0. The highest BCUT2D eigenvalue weighted by Crippen LogP contribution is 2.12. The second-order valence-corrected chi connectivity index (χ2v) is 3.78. The molecule has 0 aliphatic heterocycles. The Bertz CT molecular complexity index is 277.